The van der Waals surface area contributed by atoms with Crippen molar-refractivity contribution in [1.29, 1.82) is 0 Å². The average molecular weight is 346 g/mol. The first-order valence-electron chi connectivity index (χ1n) is 9.69. The van der Waals surface area contributed by atoms with E-state index in [-0.39, 0.29) is 0 Å². The normalized spacial score (nSPS) is 18.2. The highest BCUT2D eigenvalue weighted by atomic mass is 14.4. The highest BCUT2D eigenvalue weighted by Crippen LogP contribution is 2.54. The van der Waals surface area contributed by atoms with Crippen molar-refractivity contribution in [3.05, 3.63) is 120 Å². The van der Waals surface area contributed by atoms with Gasteiger partial charge in [-0.2, -0.15) is 0 Å². The molecule has 0 spiro atoms. The molecule has 4 aromatic rings. The zero-order valence-corrected chi connectivity index (χ0v) is 15.3. The van der Waals surface area contributed by atoms with E-state index in [1.54, 1.807) is 0 Å². The monoisotopic (exact) mass is 346 g/mol. The molecule has 0 saturated heterocycles. The molecule has 0 aromatic heterocycles. The summed E-state index contributed by atoms with van der Waals surface area (Å²) in [4.78, 5) is 0. The van der Waals surface area contributed by atoms with Gasteiger partial charge in [0.15, 0.2) is 0 Å². The third-order valence-corrected chi connectivity index (χ3v) is 5.68. The van der Waals surface area contributed by atoms with Crippen LogP contribution in [0.4, 0.5) is 0 Å². The molecule has 1 aliphatic carbocycles. The molecule has 0 N–H and O–H groups in total. The van der Waals surface area contributed by atoms with Gasteiger partial charge in [0.05, 0.1) is 0 Å². The molecular weight excluding hydrogens is 324 g/mol. The van der Waals surface area contributed by atoms with Gasteiger partial charge in [0, 0.05) is 0 Å². The van der Waals surface area contributed by atoms with Crippen LogP contribution in [-0.2, 0) is 0 Å². The van der Waals surface area contributed by atoms with Gasteiger partial charge >= 0.3 is 0 Å². The quantitative estimate of drug-likeness (QED) is 0.364. The molecule has 0 bridgehead atoms. The molecule has 130 valence electrons. The lowest BCUT2D eigenvalue weighted by Gasteiger charge is -2.06. The predicted octanol–water partition coefficient (Wildman–Crippen LogP) is 7.29. The van der Waals surface area contributed by atoms with Gasteiger partial charge in [-0.05, 0) is 51.6 Å². The lowest BCUT2D eigenvalue weighted by molar-refractivity contribution is 1.03. The zero-order chi connectivity index (χ0) is 18.1. The summed E-state index contributed by atoms with van der Waals surface area (Å²) in [6.45, 7) is 0. The van der Waals surface area contributed by atoms with Crippen molar-refractivity contribution < 1.29 is 0 Å². The Labute approximate surface area is 161 Å². The third-order valence-electron chi connectivity index (χ3n) is 5.68. The standard InChI is InChI=1S/C27H22/c1-3-7-20(8-4-1)22-11-15-24(16-12-22)26-19-27(26)25-17-13-23(14-18-25)21-9-5-2-6-10-21/h1-18,26-27H,19H2. The fourth-order valence-electron chi connectivity index (χ4n) is 4.04. The topological polar surface area (TPSA) is 0 Å². The van der Waals surface area contributed by atoms with E-state index < -0.39 is 0 Å². The van der Waals surface area contributed by atoms with Crippen LogP contribution < -0.4 is 0 Å². The van der Waals surface area contributed by atoms with Crippen LogP contribution in [0.2, 0.25) is 0 Å². The molecule has 1 fully saturated rings. The second-order valence-corrected chi connectivity index (χ2v) is 7.42. The van der Waals surface area contributed by atoms with E-state index in [2.05, 4.69) is 109 Å². The molecule has 0 nitrogen and oxygen atoms in total. The number of benzene rings is 4. The van der Waals surface area contributed by atoms with Gasteiger partial charge in [-0.3, -0.25) is 0 Å². The van der Waals surface area contributed by atoms with Crippen LogP contribution in [0.5, 0.6) is 0 Å². The maximum absolute atomic E-state index is 2.31. The minimum Gasteiger partial charge on any atom is -0.0622 e. The maximum Gasteiger partial charge on any atom is -0.00868 e. The number of hydrogen-bond acceptors (Lipinski definition) is 0. The molecule has 0 amide bonds. The summed E-state index contributed by atoms with van der Waals surface area (Å²) in [5, 5.41) is 0. The Morgan fingerprint density at radius 3 is 1.07 bits per heavy atom. The SMILES string of the molecule is c1ccc(-c2ccc(C3CC3c3ccc(-c4ccccc4)cc3)cc2)cc1. The van der Waals surface area contributed by atoms with Crippen molar-refractivity contribution in [1.82, 2.24) is 0 Å². The molecule has 1 saturated carbocycles. The highest BCUT2D eigenvalue weighted by Gasteiger charge is 2.39. The van der Waals surface area contributed by atoms with Crippen molar-refractivity contribution in [2.75, 3.05) is 0 Å². The van der Waals surface area contributed by atoms with Crippen molar-refractivity contribution in [2.45, 2.75) is 18.3 Å². The van der Waals surface area contributed by atoms with E-state index in [9.17, 15) is 0 Å². The Morgan fingerprint density at radius 1 is 0.370 bits per heavy atom. The van der Waals surface area contributed by atoms with Crippen molar-refractivity contribution >= 4 is 0 Å². The predicted molar refractivity (Wildman–Crippen MR) is 114 cm³/mol. The van der Waals surface area contributed by atoms with Crippen LogP contribution in [0.3, 0.4) is 0 Å². The smallest absolute Gasteiger partial charge is 0.00868 e. The van der Waals surface area contributed by atoms with Crippen LogP contribution in [0.15, 0.2) is 109 Å². The largest absolute Gasteiger partial charge is 0.0622 e. The highest BCUT2D eigenvalue weighted by molar-refractivity contribution is 5.65. The Balaban J connectivity index is 1.31. The summed E-state index contributed by atoms with van der Waals surface area (Å²) in [6.07, 6.45) is 1.26. The van der Waals surface area contributed by atoms with Crippen LogP contribution in [0.1, 0.15) is 29.4 Å². The van der Waals surface area contributed by atoms with E-state index >= 15 is 0 Å². The molecule has 0 heterocycles. The van der Waals surface area contributed by atoms with Gasteiger partial charge in [-0.15, -0.1) is 0 Å². The molecule has 0 radical (unpaired) electrons. The van der Waals surface area contributed by atoms with E-state index in [1.165, 1.54) is 39.8 Å². The minimum absolute atomic E-state index is 0.664. The lowest BCUT2D eigenvalue weighted by Crippen LogP contribution is -1.86. The molecule has 27 heavy (non-hydrogen) atoms. The van der Waals surface area contributed by atoms with Crippen LogP contribution in [-0.4, -0.2) is 0 Å². The van der Waals surface area contributed by atoms with Crippen molar-refractivity contribution in [3.8, 4) is 22.3 Å². The Kier molecular flexibility index (Phi) is 4.10. The molecular formula is C27H22. The first-order chi connectivity index (χ1) is 13.4. The summed E-state index contributed by atoms with van der Waals surface area (Å²) in [5.41, 5.74) is 8.09. The lowest BCUT2D eigenvalue weighted by atomic mass is 9.99. The van der Waals surface area contributed by atoms with Gasteiger partial charge in [0.25, 0.3) is 0 Å². The van der Waals surface area contributed by atoms with Gasteiger partial charge in [-0.1, -0.05) is 109 Å². The van der Waals surface area contributed by atoms with E-state index in [4.69, 9.17) is 0 Å². The van der Waals surface area contributed by atoms with Crippen molar-refractivity contribution in [3.63, 3.8) is 0 Å². The summed E-state index contributed by atoms with van der Waals surface area (Å²) in [5.74, 6) is 1.33. The first-order valence-corrected chi connectivity index (χ1v) is 9.69. The fraction of sp³-hybridized carbons (Fsp3) is 0.111. The van der Waals surface area contributed by atoms with E-state index in [0.29, 0.717) is 11.8 Å². The van der Waals surface area contributed by atoms with E-state index in [1.807, 2.05) is 0 Å². The summed E-state index contributed by atoms with van der Waals surface area (Å²) < 4.78 is 0. The maximum atomic E-state index is 2.31. The number of rotatable bonds is 4. The van der Waals surface area contributed by atoms with Gasteiger partial charge < -0.3 is 0 Å². The van der Waals surface area contributed by atoms with Gasteiger partial charge in [0.2, 0.25) is 0 Å². The zero-order valence-electron chi connectivity index (χ0n) is 15.3. The summed E-state index contributed by atoms with van der Waals surface area (Å²) in [6, 6.07) is 39.5. The molecule has 0 aliphatic heterocycles. The second-order valence-electron chi connectivity index (χ2n) is 7.42. The summed E-state index contributed by atoms with van der Waals surface area (Å²) >= 11 is 0. The fourth-order valence-corrected chi connectivity index (χ4v) is 4.04. The Morgan fingerprint density at radius 2 is 0.704 bits per heavy atom. The first kappa shape index (κ1) is 16.1. The average Bonchev–Trinajstić information content (AvgIpc) is 3.56. The van der Waals surface area contributed by atoms with Crippen LogP contribution in [0, 0.1) is 0 Å². The van der Waals surface area contributed by atoms with Gasteiger partial charge in [0.1, 0.15) is 0 Å². The molecule has 0 heteroatoms. The molecule has 1 aliphatic rings. The summed E-state index contributed by atoms with van der Waals surface area (Å²) in [7, 11) is 0. The van der Waals surface area contributed by atoms with E-state index in [0.717, 1.165) is 0 Å². The van der Waals surface area contributed by atoms with Crippen LogP contribution >= 0.6 is 0 Å². The van der Waals surface area contributed by atoms with Crippen molar-refractivity contribution in [2.24, 2.45) is 0 Å². The van der Waals surface area contributed by atoms with Crippen LogP contribution in [0.25, 0.3) is 22.3 Å². The second kappa shape index (κ2) is 6.89. The molecule has 2 unspecified atom stereocenters. The minimum atomic E-state index is 0.664. The Hall–Kier alpha value is -3.12. The number of hydrogen-bond donors (Lipinski definition) is 0. The Bertz CT molecular complexity index is 926. The molecule has 4 aromatic carbocycles. The molecule has 5 rings (SSSR count). The third kappa shape index (κ3) is 3.31. The van der Waals surface area contributed by atoms with Gasteiger partial charge in [-0.25, -0.2) is 0 Å². The molecule has 2 atom stereocenters.